The van der Waals surface area contributed by atoms with E-state index in [1.54, 1.807) is 0 Å². The number of carboxylic acids is 1. The van der Waals surface area contributed by atoms with Gasteiger partial charge in [-0.25, -0.2) is 9.18 Å². The average molecular weight is 237 g/mol. The van der Waals surface area contributed by atoms with Gasteiger partial charge in [-0.2, -0.15) is 0 Å². The number of carbonyl (C=O) groups excluding carboxylic acids is 1. The fraction of sp³-hybridized carbons (Fsp3) is 0.167. The summed E-state index contributed by atoms with van der Waals surface area (Å²) in [6.45, 7) is 3.39. The van der Waals surface area contributed by atoms with E-state index in [-0.39, 0.29) is 12.0 Å². The number of rotatable bonds is 5. The van der Waals surface area contributed by atoms with Crippen LogP contribution in [0.3, 0.4) is 0 Å². The first-order valence-corrected chi connectivity index (χ1v) is 4.95. The fourth-order valence-corrected chi connectivity index (χ4v) is 1.27. The van der Waals surface area contributed by atoms with Crippen LogP contribution < -0.4 is 5.32 Å². The van der Waals surface area contributed by atoms with Crippen LogP contribution in [0, 0.1) is 5.82 Å². The molecule has 0 bridgehead atoms. The lowest BCUT2D eigenvalue weighted by molar-refractivity contribution is -0.139. The molecular formula is C12H12FNO3. The maximum absolute atomic E-state index is 13.2. The molecule has 1 atom stereocenters. The smallest absolute Gasteiger partial charge is 0.326 e. The van der Waals surface area contributed by atoms with Crippen LogP contribution in [-0.4, -0.2) is 23.0 Å². The van der Waals surface area contributed by atoms with E-state index in [0.717, 1.165) is 6.07 Å². The lowest BCUT2D eigenvalue weighted by Crippen LogP contribution is -2.40. The zero-order valence-electron chi connectivity index (χ0n) is 9.02. The number of amides is 1. The minimum atomic E-state index is -1.19. The number of carbonyl (C=O) groups is 2. The van der Waals surface area contributed by atoms with Crippen LogP contribution in [0.4, 0.5) is 4.39 Å². The second kappa shape index (κ2) is 5.79. The van der Waals surface area contributed by atoms with E-state index in [2.05, 4.69) is 11.9 Å². The number of halogens is 1. The number of nitrogens with one attached hydrogen (secondary N) is 1. The molecule has 90 valence electrons. The summed E-state index contributed by atoms with van der Waals surface area (Å²) >= 11 is 0. The van der Waals surface area contributed by atoms with Crippen LogP contribution in [0.25, 0.3) is 0 Å². The van der Waals surface area contributed by atoms with Crippen molar-refractivity contribution in [1.82, 2.24) is 5.32 Å². The van der Waals surface area contributed by atoms with Crippen LogP contribution in [0.5, 0.6) is 0 Å². The molecule has 1 aromatic rings. The molecule has 1 amide bonds. The Morgan fingerprint density at radius 2 is 2.12 bits per heavy atom. The lowest BCUT2D eigenvalue weighted by atomic mass is 10.1. The highest BCUT2D eigenvalue weighted by Crippen LogP contribution is 2.07. The van der Waals surface area contributed by atoms with Crippen LogP contribution in [-0.2, 0) is 4.79 Å². The van der Waals surface area contributed by atoms with Crippen molar-refractivity contribution in [2.45, 2.75) is 12.5 Å². The topological polar surface area (TPSA) is 66.4 Å². The molecule has 0 radical (unpaired) electrons. The average Bonchev–Trinajstić information content (AvgIpc) is 2.28. The summed E-state index contributed by atoms with van der Waals surface area (Å²) in [5.74, 6) is -2.63. The molecule has 0 aliphatic heterocycles. The number of hydrogen-bond acceptors (Lipinski definition) is 2. The minimum Gasteiger partial charge on any atom is -0.480 e. The number of hydrogen-bond donors (Lipinski definition) is 2. The Morgan fingerprint density at radius 3 is 2.65 bits per heavy atom. The van der Waals surface area contributed by atoms with Gasteiger partial charge in [0.25, 0.3) is 5.91 Å². The first-order chi connectivity index (χ1) is 8.06. The van der Waals surface area contributed by atoms with E-state index in [1.165, 1.54) is 24.3 Å². The van der Waals surface area contributed by atoms with E-state index >= 15 is 0 Å². The highest BCUT2D eigenvalue weighted by molar-refractivity contribution is 5.96. The predicted molar refractivity (Wildman–Crippen MR) is 60.1 cm³/mol. The Balaban J connectivity index is 2.81. The predicted octanol–water partition coefficient (Wildman–Crippen LogP) is 1.58. The fourth-order valence-electron chi connectivity index (χ4n) is 1.27. The van der Waals surface area contributed by atoms with Crippen molar-refractivity contribution in [2.24, 2.45) is 0 Å². The second-order valence-corrected chi connectivity index (χ2v) is 3.37. The van der Waals surface area contributed by atoms with E-state index in [0.29, 0.717) is 0 Å². The third-order valence-electron chi connectivity index (χ3n) is 2.12. The summed E-state index contributed by atoms with van der Waals surface area (Å²) in [4.78, 5) is 22.4. The van der Waals surface area contributed by atoms with Gasteiger partial charge in [0.05, 0.1) is 5.56 Å². The summed E-state index contributed by atoms with van der Waals surface area (Å²) in [6.07, 6.45) is 1.45. The molecule has 4 nitrogen and oxygen atoms in total. The van der Waals surface area contributed by atoms with Gasteiger partial charge in [0.15, 0.2) is 0 Å². The third kappa shape index (κ3) is 3.41. The molecule has 1 unspecified atom stereocenters. The molecule has 0 aromatic heterocycles. The van der Waals surface area contributed by atoms with Gasteiger partial charge in [-0.3, -0.25) is 4.79 Å². The van der Waals surface area contributed by atoms with Crippen LogP contribution in [0.1, 0.15) is 16.8 Å². The SMILES string of the molecule is C=CCC(NC(=O)c1ccccc1F)C(=O)O. The van der Waals surface area contributed by atoms with Crippen molar-refractivity contribution in [3.63, 3.8) is 0 Å². The van der Waals surface area contributed by atoms with Crippen LogP contribution in [0.2, 0.25) is 0 Å². The van der Waals surface area contributed by atoms with E-state index in [9.17, 15) is 14.0 Å². The number of carboxylic acid groups (broad SMARTS) is 1. The third-order valence-corrected chi connectivity index (χ3v) is 2.12. The lowest BCUT2D eigenvalue weighted by Gasteiger charge is -2.12. The summed E-state index contributed by atoms with van der Waals surface area (Å²) < 4.78 is 13.2. The normalized spacial score (nSPS) is 11.6. The summed E-state index contributed by atoms with van der Waals surface area (Å²) in [5, 5.41) is 11.0. The van der Waals surface area contributed by atoms with Crippen molar-refractivity contribution < 1.29 is 19.1 Å². The van der Waals surface area contributed by atoms with E-state index in [1.807, 2.05) is 0 Å². The molecular weight excluding hydrogens is 225 g/mol. The monoisotopic (exact) mass is 237 g/mol. The number of aliphatic carboxylic acids is 1. The second-order valence-electron chi connectivity index (χ2n) is 3.37. The van der Waals surface area contributed by atoms with Crippen molar-refractivity contribution in [2.75, 3.05) is 0 Å². The zero-order valence-corrected chi connectivity index (χ0v) is 9.02. The molecule has 1 aromatic carbocycles. The highest BCUT2D eigenvalue weighted by Gasteiger charge is 2.20. The molecule has 0 aliphatic carbocycles. The van der Waals surface area contributed by atoms with E-state index in [4.69, 9.17) is 5.11 Å². The summed E-state index contributed by atoms with van der Waals surface area (Å²) in [5.41, 5.74) is -0.178. The van der Waals surface area contributed by atoms with Crippen LogP contribution in [0.15, 0.2) is 36.9 Å². The van der Waals surface area contributed by atoms with Gasteiger partial charge in [0.1, 0.15) is 11.9 Å². The first kappa shape index (κ1) is 12.9. The molecule has 0 spiro atoms. The maximum Gasteiger partial charge on any atom is 0.326 e. The standard InChI is InChI=1S/C12H12FNO3/c1-2-5-10(12(16)17)14-11(15)8-6-3-4-7-9(8)13/h2-4,6-7,10H,1,5H2,(H,14,15)(H,16,17). The van der Waals surface area contributed by atoms with Crippen molar-refractivity contribution in [3.8, 4) is 0 Å². The Labute approximate surface area is 97.8 Å². The molecule has 17 heavy (non-hydrogen) atoms. The first-order valence-electron chi connectivity index (χ1n) is 4.95. The quantitative estimate of drug-likeness (QED) is 0.764. The molecule has 2 N–H and O–H groups in total. The van der Waals surface area contributed by atoms with Crippen molar-refractivity contribution in [1.29, 1.82) is 0 Å². The van der Waals surface area contributed by atoms with Gasteiger partial charge in [-0.05, 0) is 18.6 Å². The molecule has 0 fully saturated rings. The molecule has 1 rings (SSSR count). The maximum atomic E-state index is 13.2. The highest BCUT2D eigenvalue weighted by atomic mass is 19.1. The Bertz CT molecular complexity index is 445. The van der Waals surface area contributed by atoms with Gasteiger partial charge in [-0.15, -0.1) is 6.58 Å². The molecule has 0 aliphatic rings. The zero-order chi connectivity index (χ0) is 12.8. The Kier molecular flexibility index (Phi) is 4.39. The van der Waals surface area contributed by atoms with Gasteiger partial charge < -0.3 is 10.4 Å². The summed E-state index contributed by atoms with van der Waals surface area (Å²) in [6, 6.07) is 4.28. The largest absolute Gasteiger partial charge is 0.480 e. The number of benzene rings is 1. The molecule has 0 saturated carbocycles. The molecule has 5 heteroatoms. The van der Waals surface area contributed by atoms with Gasteiger partial charge >= 0.3 is 5.97 Å². The van der Waals surface area contributed by atoms with Gasteiger partial charge in [0, 0.05) is 0 Å². The Morgan fingerprint density at radius 1 is 1.47 bits per heavy atom. The minimum absolute atomic E-state index is 0.0789. The van der Waals surface area contributed by atoms with Gasteiger partial charge in [0.2, 0.25) is 0 Å². The Hall–Kier alpha value is -2.17. The molecule has 0 heterocycles. The van der Waals surface area contributed by atoms with Gasteiger partial charge in [-0.1, -0.05) is 18.2 Å². The molecule has 0 saturated heterocycles. The van der Waals surface area contributed by atoms with E-state index < -0.39 is 23.7 Å². The van der Waals surface area contributed by atoms with Crippen molar-refractivity contribution >= 4 is 11.9 Å². The van der Waals surface area contributed by atoms with Crippen molar-refractivity contribution in [3.05, 3.63) is 48.3 Å². The van der Waals surface area contributed by atoms with Crippen LogP contribution >= 0.6 is 0 Å². The summed E-state index contributed by atoms with van der Waals surface area (Å²) in [7, 11) is 0.